The molecule has 0 spiro atoms. The third kappa shape index (κ3) is 4.81. The van der Waals surface area contributed by atoms with Crippen molar-refractivity contribution in [3.63, 3.8) is 0 Å². The van der Waals surface area contributed by atoms with E-state index in [9.17, 15) is 4.79 Å². The van der Waals surface area contributed by atoms with Crippen LogP contribution in [0.1, 0.15) is 44.6 Å². The van der Waals surface area contributed by atoms with Crippen molar-refractivity contribution >= 4 is 5.91 Å². The zero-order valence-corrected chi connectivity index (χ0v) is 14.8. The number of hydrogen-bond donors (Lipinski definition) is 2. The molecule has 3 rings (SSSR count). The Kier molecular flexibility index (Phi) is 6.27. The molecule has 2 aliphatic rings. The lowest BCUT2D eigenvalue weighted by atomic mass is 9.90. The lowest BCUT2D eigenvalue weighted by molar-refractivity contribution is -0.125. The van der Waals surface area contributed by atoms with Crippen LogP contribution in [-0.4, -0.2) is 42.5 Å². The van der Waals surface area contributed by atoms with Gasteiger partial charge in [0, 0.05) is 19.1 Å². The number of nitrogens with zero attached hydrogens (tertiary/aromatic N) is 1. The number of nitrogens with one attached hydrogen (secondary N) is 2. The zero-order valence-electron chi connectivity index (χ0n) is 14.8. The molecule has 0 aliphatic carbocycles. The van der Waals surface area contributed by atoms with Gasteiger partial charge in [0.15, 0.2) is 0 Å². The average Bonchev–Trinajstić information content (AvgIpc) is 2.63. The van der Waals surface area contributed by atoms with Gasteiger partial charge in [-0.1, -0.05) is 43.7 Å². The molecular formula is C20H31N3O. The molecule has 0 saturated carbocycles. The molecule has 0 radical (unpaired) electrons. The molecule has 4 heteroatoms. The van der Waals surface area contributed by atoms with Crippen molar-refractivity contribution in [2.45, 2.75) is 57.7 Å². The molecule has 2 heterocycles. The van der Waals surface area contributed by atoms with E-state index >= 15 is 0 Å². The molecule has 4 nitrogen and oxygen atoms in total. The van der Waals surface area contributed by atoms with Crippen LogP contribution in [0, 0.1) is 5.92 Å². The van der Waals surface area contributed by atoms with Crippen LogP contribution >= 0.6 is 0 Å². The second-order valence-corrected chi connectivity index (χ2v) is 7.37. The van der Waals surface area contributed by atoms with Gasteiger partial charge in [-0.15, -0.1) is 0 Å². The van der Waals surface area contributed by atoms with Gasteiger partial charge in [0.2, 0.25) is 5.91 Å². The topological polar surface area (TPSA) is 44.4 Å². The molecule has 132 valence electrons. The fraction of sp³-hybridized carbons (Fsp3) is 0.650. The smallest absolute Gasteiger partial charge is 0.237 e. The van der Waals surface area contributed by atoms with Crippen LogP contribution in [0.15, 0.2) is 30.3 Å². The Morgan fingerprint density at radius 2 is 2.12 bits per heavy atom. The van der Waals surface area contributed by atoms with E-state index in [1.807, 2.05) is 0 Å². The highest BCUT2D eigenvalue weighted by atomic mass is 16.2. The SMILES string of the molecule is CCC1CCNC(C(=O)NC2CCCN(Cc3ccccc3)C2)C1. The van der Waals surface area contributed by atoms with Gasteiger partial charge in [0.1, 0.15) is 0 Å². The zero-order chi connectivity index (χ0) is 16.8. The minimum absolute atomic E-state index is 0.00759. The fourth-order valence-corrected chi connectivity index (χ4v) is 4.03. The number of piperidine rings is 2. The van der Waals surface area contributed by atoms with Crippen LogP contribution in [0.25, 0.3) is 0 Å². The van der Waals surface area contributed by atoms with Crippen LogP contribution < -0.4 is 10.6 Å². The summed E-state index contributed by atoms with van der Waals surface area (Å²) < 4.78 is 0. The van der Waals surface area contributed by atoms with Gasteiger partial charge in [-0.2, -0.15) is 0 Å². The number of carbonyl (C=O) groups excluding carboxylic acids is 1. The molecule has 1 aromatic rings. The minimum Gasteiger partial charge on any atom is -0.351 e. The lowest BCUT2D eigenvalue weighted by Gasteiger charge is -2.35. The van der Waals surface area contributed by atoms with E-state index in [0.717, 1.165) is 45.4 Å². The molecule has 2 saturated heterocycles. The number of rotatable bonds is 5. The molecular weight excluding hydrogens is 298 g/mol. The highest BCUT2D eigenvalue weighted by molar-refractivity contribution is 5.82. The van der Waals surface area contributed by atoms with Crippen LogP contribution in [0.2, 0.25) is 0 Å². The van der Waals surface area contributed by atoms with E-state index < -0.39 is 0 Å². The first-order valence-corrected chi connectivity index (χ1v) is 9.54. The summed E-state index contributed by atoms with van der Waals surface area (Å²) in [5.41, 5.74) is 1.35. The van der Waals surface area contributed by atoms with Crippen LogP contribution in [-0.2, 0) is 11.3 Å². The monoisotopic (exact) mass is 329 g/mol. The van der Waals surface area contributed by atoms with Crippen molar-refractivity contribution in [3.8, 4) is 0 Å². The number of hydrogen-bond acceptors (Lipinski definition) is 3. The van der Waals surface area contributed by atoms with Crippen molar-refractivity contribution in [2.24, 2.45) is 5.92 Å². The first kappa shape index (κ1) is 17.4. The number of amides is 1. The fourth-order valence-electron chi connectivity index (χ4n) is 4.03. The summed E-state index contributed by atoms with van der Waals surface area (Å²) in [6, 6.07) is 10.9. The van der Waals surface area contributed by atoms with Gasteiger partial charge in [-0.25, -0.2) is 0 Å². The number of likely N-dealkylation sites (tertiary alicyclic amines) is 1. The van der Waals surface area contributed by atoms with Crippen molar-refractivity contribution in [1.82, 2.24) is 15.5 Å². The Morgan fingerprint density at radius 1 is 1.29 bits per heavy atom. The van der Waals surface area contributed by atoms with E-state index in [4.69, 9.17) is 0 Å². The van der Waals surface area contributed by atoms with Gasteiger partial charge in [-0.3, -0.25) is 9.69 Å². The van der Waals surface area contributed by atoms with Crippen molar-refractivity contribution < 1.29 is 4.79 Å². The predicted octanol–water partition coefficient (Wildman–Crippen LogP) is 2.55. The molecule has 24 heavy (non-hydrogen) atoms. The predicted molar refractivity (Wildman–Crippen MR) is 97.7 cm³/mol. The second kappa shape index (κ2) is 8.63. The number of benzene rings is 1. The van der Waals surface area contributed by atoms with Gasteiger partial charge < -0.3 is 10.6 Å². The average molecular weight is 329 g/mol. The maximum absolute atomic E-state index is 12.6. The van der Waals surface area contributed by atoms with Gasteiger partial charge in [-0.05, 0) is 50.3 Å². The standard InChI is InChI=1S/C20H31N3O/c1-2-16-10-11-21-19(13-16)20(24)22-18-9-6-12-23(15-18)14-17-7-4-3-5-8-17/h3-5,7-8,16,18-19,21H,2,6,9-15H2,1H3,(H,22,24). The summed E-state index contributed by atoms with van der Waals surface area (Å²) in [5.74, 6) is 0.905. The summed E-state index contributed by atoms with van der Waals surface area (Å²) in [4.78, 5) is 15.1. The maximum atomic E-state index is 12.6. The lowest BCUT2D eigenvalue weighted by Crippen LogP contribution is -2.54. The normalized spacial score (nSPS) is 28.5. The van der Waals surface area contributed by atoms with Crippen molar-refractivity contribution in [3.05, 3.63) is 35.9 Å². The molecule has 2 aliphatic heterocycles. The summed E-state index contributed by atoms with van der Waals surface area (Å²) in [7, 11) is 0. The molecule has 0 aromatic heterocycles. The quantitative estimate of drug-likeness (QED) is 0.872. The largest absolute Gasteiger partial charge is 0.351 e. The number of carbonyl (C=O) groups is 1. The summed E-state index contributed by atoms with van der Waals surface area (Å²) in [5, 5.41) is 6.70. The van der Waals surface area contributed by atoms with E-state index in [2.05, 4.69) is 52.8 Å². The Balaban J connectivity index is 1.49. The highest BCUT2D eigenvalue weighted by Crippen LogP contribution is 2.20. The maximum Gasteiger partial charge on any atom is 0.237 e. The van der Waals surface area contributed by atoms with Crippen LogP contribution in [0.5, 0.6) is 0 Å². The Bertz CT molecular complexity index is 519. The van der Waals surface area contributed by atoms with E-state index in [-0.39, 0.29) is 11.9 Å². The highest BCUT2D eigenvalue weighted by Gasteiger charge is 2.28. The summed E-state index contributed by atoms with van der Waals surface area (Å²) in [6.45, 7) is 6.27. The molecule has 1 aromatic carbocycles. The van der Waals surface area contributed by atoms with Crippen LogP contribution in [0.4, 0.5) is 0 Å². The van der Waals surface area contributed by atoms with Gasteiger partial charge >= 0.3 is 0 Å². The third-order valence-corrected chi connectivity index (χ3v) is 5.51. The minimum atomic E-state index is 0.00759. The summed E-state index contributed by atoms with van der Waals surface area (Å²) >= 11 is 0. The second-order valence-electron chi connectivity index (χ2n) is 7.37. The molecule has 2 fully saturated rings. The molecule has 2 N–H and O–H groups in total. The molecule has 3 atom stereocenters. The van der Waals surface area contributed by atoms with Gasteiger partial charge in [0.25, 0.3) is 0 Å². The summed E-state index contributed by atoms with van der Waals surface area (Å²) in [6.07, 6.45) is 5.63. The Labute approximate surface area is 146 Å². The third-order valence-electron chi connectivity index (χ3n) is 5.51. The molecule has 0 bridgehead atoms. The van der Waals surface area contributed by atoms with E-state index in [0.29, 0.717) is 12.0 Å². The molecule has 3 unspecified atom stereocenters. The first-order chi connectivity index (χ1) is 11.7. The first-order valence-electron chi connectivity index (χ1n) is 9.54. The van der Waals surface area contributed by atoms with E-state index in [1.54, 1.807) is 0 Å². The Hall–Kier alpha value is -1.39. The molecule has 1 amide bonds. The Morgan fingerprint density at radius 3 is 2.92 bits per heavy atom. The van der Waals surface area contributed by atoms with Crippen molar-refractivity contribution in [1.29, 1.82) is 0 Å². The van der Waals surface area contributed by atoms with Crippen molar-refractivity contribution in [2.75, 3.05) is 19.6 Å². The van der Waals surface area contributed by atoms with E-state index in [1.165, 1.54) is 18.4 Å². The van der Waals surface area contributed by atoms with Gasteiger partial charge in [0.05, 0.1) is 6.04 Å². The van der Waals surface area contributed by atoms with Crippen LogP contribution in [0.3, 0.4) is 0 Å².